The van der Waals surface area contributed by atoms with Crippen molar-refractivity contribution >= 4 is 0 Å². The van der Waals surface area contributed by atoms with E-state index in [0.29, 0.717) is 18.9 Å². The fourth-order valence-electron chi connectivity index (χ4n) is 1.19. The normalized spacial score (nSPS) is 10.2. The zero-order chi connectivity index (χ0) is 10.6. The second-order valence-corrected chi connectivity index (χ2v) is 3.04. The fraction of sp³-hybridized carbons (Fsp3) is 0.273. The molecule has 0 radical (unpaired) electrons. The Morgan fingerprint density at radius 1 is 1.07 bits per heavy atom. The van der Waals surface area contributed by atoms with E-state index < -0.39 is 17.5 Å². The van der Waals surface area contributed by atoms with Crippen LogP contribution >= 0.6 is 0 Å². The van der Waals surface area contributed by atoms with E-state index in [0.717, 1.165) is 12.5 Å². The summed E-state index contributed by atoms with van der Waals surface area (Å²) in [4.78, 5) is 0. The van der Waals surface area contributed by atoms with Crippen LogP contribution in [-0.4, -0.2) is 0 Å². The summed E-state index contributed by atoms with van der Waals surface area (Å²) in [5.74, 6) is -2.83. The summed E-state index contributed by atoms with van der Waals surface area (Å²) in [5.41, 5.74) is 0.214. The van der Waals surface area contributed by atoms with E-state index in [9.17, 15) is 13.2 Å². The number of unbranched alkanes of at least 4 members (excludes halogenated alkanes) is 1. The van der Waals surface area contributed by atoms with Gasteiger partial charge in [0.1, 0.15) is 5.82 Å². The third-order valence-electron chi connectivity index (χ3n) is 1.94. The molecule has 3 heteroatoms. The molecule has 1 aromatic rings. The Morgan fingerprint density at radius 2 is 1.71 bits per heavy atom. The molecule has 0 spiro atoms. The average molecular weight is 200 g/mol. The molecule has 0 aliphatic carbocycles. The Hall–Kier alpha value is -1.25. The van der Waals surface area contributed by atoms with Crippen LogP contribution in [0.15, 0.2) is 24.8 Å². The number of allylic oxidation sites excluding steroid dienone is 1. The van der Waals surface area contributed by atoms with Gasteiger partial charge in [-0.05, 0) is 30.9 Å². The van der Waals surface area contributed by atoms with Crippen molar-refractivity contribution < 1.29 is 13.2 Å². The highest BCUT2D eigenvalue weighted by Gasteiger charge is 2.08. The number of benzene rings is 1. The lowest BCUT2D eigenvalue weighted by Crippen LogP contribution is -1.95. The van der Waals surface area contributed by atoms with Gasteiger partial charge < -0.3 is 0 Å². The zero-order valence-electron chi connectivity index (χ0n) is 7.69. The molecule has 0 heterocycles. The van der Waals surface area contributed by atoms with Crippen LogP contribution in [0.2, 0.25) is 0 Å². The van der Waals surface area contributed by atoms with Gasteiger partial charge in [0.15, 0.2) is 11.6 Å². The molecule has 0 bridgehead atoms. The quantitative estimate of drug-likeness (QED) is 0.395. The van der Waals surface area contributed by atoms with E-state index in [4.69, 9.17) is 0 Å². The molecule has 0 aromatic heterocycles. The van der Waals surface area contributed by atoms with Crippen LogP contribution in [0.25, 0.3) is 0 Å². The second-order valence-electron chi connectivity index (χ2n) is 3.04. The summed E-state index contributed by atoms with van der Waals surface area (Å²) in [7, 11) is 0. The Bertz CT molecular complexity index is 332. The predicted octanol–water partition coefficient (Wildman–Crippen LogP) is 3.61. The molecule has 14 heavy (non-hydrogen) atoms. The highest BCUT2D eigenvalue weighted by molar-refractivity contribution is 5.20. The van der Waals surface area contributed by atoms with Crippen LogP contribution in [-0.2, 0) is 6.42 Å². The zero-order valence-corrected chi connectivity index (χ0v) is 7.69. The van der Waals surface area contributed by atoms with Crippen molar-refractivity contribution in [1.29, 1.82) is 0 Å². The first-order valence-corrected chi connectivity index (χ1v) is 4.39. The number of rotatable bonds is 4. The largest absolute Gasteiger partial charge is 0.207 e. The smallest absolute Gasteiger partial charge is 0.161 e. The van der Waals surface area contributed by atoms with Gasteiger partial charge in [0.05, 0.1) is 0 Å². The number of halogens is 3. The summed E-state index contributed by atoms with van der Waals surface area (Å²) >= 11 is 0. The third kappa shape index (κ3) is 2.62. The van der Waals surface area contributed by atoms with Gasteiger partial charge in [-0.25, -0.2) is 13.2 Å². The number of aryl methyl sites for hydroxylation is 1. The van der Waals surface area contributed by atoms with Crippen molar-refractivity contribution in [3.8, 4) is 0 Å². The van der Waals surface area contributed by atoms with E-state index in [1.165, 1.54) is 0 Å². The molecule has 0 amide bonds. The molecule has 1 aromatic carbocycles. The molecule has 0 unspecified atom stereocenters. The molecular weight excluding hydrogens is 189 g/mol. The van der Waals surface area contributed by atoms with Gasteiger partial charge in [0.2, 0.25) is 0 Å². The van der Waals surface area contributed by atoms with Crippen molar-refractivity contribution in [2.24, 2.45) is 0 Å². The Balaban J connectivity index is 2.76. The van der Waals surface area contributed by atoms with Crippen molar-refractivity contribution in [3.05, 3.63) is 47.8 Å². The summed E-state index contributed by atoms with van der Waals surface area (Å²) in [6.07, 6.45) is 3.52. The molecule has 0 aliphatic rings. The minimum absolute atomic E-state index is 0.214. The summed E-state index contributed by atoms with van der Waals surface area (Å²) in [5, 5.41) is 0. The lowest BCUT2D eigenvalue weighted by Gasteiger charge is -2.02. The van der Waals surface area contributed by atoms with Gasteiger partial charge in [0, 0.05) is 6.07 Å². The van der Waals surface area contributed by atoms with Crippen LogP contribution in [0, 0.1) is 17.5 Å². The van der Waals surface area contributed by atoms with Gasteiger partial charge in [-0.1, -0.05) is 6.08 Å². The first-order chi connectivity index (χ1) is 6.65. The van der Waals surface area contributed by atoms with E-state index in [1.807, 2.05) is 0 Å². The monoisotopic (exact) mass is 200 g/mol. The van der Waals surface area contributed by atoms with Gasteiger partial charge in [0.25, 0.3) is 0 Å². The summed E-state index contributed by atoms with van der Waals surface area (Å²) in [6.45, 7) is 3.52. The molecule has 0 N–H and O–H groups in total. The summed E-state index contributed by atoms with van der Waals surface area (Å²) < 4.78 is 38.2. The first kappa shape index (κ1) is 10.8. The first-order valence-electron chi connectivity index (χ1n) is 4.39. The van der Waals surface area contributed by atoms with Crippen molar-refractivity contribution in [1.82, 2.24) is 0 Å². The van der Waals surface area contributed by atoms with E-state index in [1.54, 1.807) is 6.08 Å². The molecule has 76 valence electrons. The summed E-state index contributed by atoms with van der Waals surface area (Å²) in [6, 6.07) is 1.49. The van der Waals surface area contributed by atoms with E-state index in [2.05, 4.69) is 6.58 Å². The fourth-order valence-corrected chi connectivity index (χ4v) is 1.19. The van der Waals surface area contributed by atoms with Crippen molar-refractivity contribution in [2.75, 3.05) is 0 Å². The van der Waals surface area contributed by atoms with Crippen molar-refractivity contribution in [3.63, 3.8) is 0 Å². The maximum Gasteiger partial charge on any atom is 0.161 e. The van der Waals surface area contributed by atoms with E-state index in [-0.39, 0.29) is 5.56 Å². The van der Waals surface area contributed by atoms with E-state index >= 15 is 0 Å². The highest BCUT2D eigenvalue weighted by Crippen LogP contribution is 2.15. The second kappa shape index (κ2) is 4.84. The van der Waals surface area contributed by atoms with Gasteiger partial charge >= 0.3 is 0 Å². The lowest BCUT2D eigenvalue weighted by atomic mass is 10.1. The van der Waals surface area contributed by atoms with Crippen LogP contribution in [0.5, 0.6) is 0 Å². The lowest BCUT2D eigenvalue weighted by molar-refractivity contribution is 0.489. The molecule has 0 saturated carbocycles. The molecule has 0 atom stereocenters. The minimum atomic E-state index is -1.14. The maximum atomic E-state index is 13.0. The number of hydrogen-bond donors (Lipinski definition) is 0. The Kier molecular flexibility index (Phi) is 3.74. The standard InChI is InChI=1S/C11H11F3/c1-2-3-4-5-8-6-10(13)11(14)7-9(8)12/h2,6-7H,1,3-5H2. The van der Waals surface area contributed by atoms with Crippen LogP contribution in [0.1, 0.15) is 18.4 Å². The third-order valence-corrected chi connectivity index (χ3v) is 1.94. The number of hydrogen-bond acceptors (Lipinski definition) is 0. The molecule has 1 rings (SSSR count). The molecule has 0 saturated heterocycles. The van der Waals surface area contributed by atoms with Gasteiger partial charge in [-0.3, -0.25) is 0 Å². The Labute approximate surface area is 81.1 Å². The molecular formula is C11H11F3. The molecule has 0 aliphatic heterocycles. The van der Waals surface area contributed by atoms with Gasteiger partial charge in [-0.2, -0.15) is 0 Å². The van der Waals surface area contributed by atoms with Crippen LogP contribution in [0.3, 0.4) is 0 Å². The average Bonchev–Trinajstić information content (AvgIpc) is 2.14. The maximum absolute atomic E-state index is 13.0. The van der Waals surface area contributed by atoms with Gasteiger partial charge in [-0.15, -0.1) is 6.58 Å². The molecule has 0 fully saturated rings. The van der Waals surface area contributed by atoms with Crippen LogP contribution in [0.4, 0.5) is 13.2 Å². The SMILES string of the molecule is C=CCCCc1cc(F)c(F)cc1F. The Morgan fingerprint density at radius 3 is 2.36 bits per heavy atom. The highest BCUT2D eigenvalue weighted by atomic mass is 19.2. The minimum Gasteiger partial charge on any atom is -0.207 e. The molecule has 0 nitrogen and oxygen atoms in total. The van der Waals surface area contributed by atoms with Crippen LogP contribution < -0.4 is 0 Å². The predicted molar refractivity (Wildman–Crippen MR) is 49.5 cm³/mol. The topological polar surface area (TPSA) is 0 Å². The van der Waals surface area contributed by atoms with Crippen molar-refractivity contribution in [2.45, 2.75) is 19.3 Å².